The summed E-state index contributed by atoms with van der Waals surface area (Å²) in [6.07, 6.45) is 7.09. The molecule has 0 aromatic carbocycles. The number of alkyl halides is 3. The van der Waals surface area contributed by atoms with Gasteiger partial charge in [-0.15, -0.1) is 0 Å². The molecule has 5 heteroatoms. The Labute approximate surface area is 204 Å². The third-order valence-electron chi connectivity index (χ3n) is 12.4. The van der Waals surface area contributed by atoms with Crippen LogP contribution in [-0.2, 0) is 0 Å². The average Bonchev–Trinajstić information content (AvgIpc) is 3.53. The van der Waals surface area contributed by atoms with Crippen LogP contribution in [0.4, 0.5) is 13.2 Å². The average molecular weight is 485 g/mol. The molecule has 34 heavy (non-hydrogen) atoms. The summed E-state index contributed by atoms with van der Waals surface area (Å²) >= 11 is 0. The summed E-state index contributed by atoms with van der Waals surface area (Å²) in [7, 11) is 0. The van der Waals surface area contributed by atoms with Gasteiger partial charge in [0.15, 0.2) is 5.60 Å². The normalized spacial score (nSPS) is 49.5. The summed E-state index contributed by atoms with van der Waals surface area (Å²) in [6, 6.07) is 0. The number of halogens is 3. The van der Waals surface area contributed by atoms with Gasteiger partial charge in [-0.2, -0.15) is 13.2 Å². The van der Waals surface area contributed by atoms with Gasteiger partial charge in [-0.3, -0.25) is 0 Å². The molecule has 2 N–H and O–H groups in total. The van der Waals surface area contributed by atoms with E-state index in [1.165, 1.54) is 32.1 Å². The Balaban J connectivity index is 1.28. The number of rotatable bonds is 5. The number of aliphatic hydroxyl groups is 2. The van der Waals surface area contributed by atoms with Gasteiger partial charge >= 0.3 is 6.18 Å². The van der Waals surface area contributed by atoms with Crippen LogP contribution >= 0.6 is 0 Å². The SMILES string of the molecule is C[C@H](CC[C@](O)(C1CC1)C(F)(F)F)[C@H]1CC[C@H]2[C@@H]3CC[C@H]4C[C@@](C)(O)CC[C@]4(C)[C@H]3CC[C@]12C. The molecule has 10 atom stereocenters. The van der Waals surface area contributed by atoms with Crippen molar-refractivity contribution in [2.45, 2.75) is 129 Å². The highest BCUT2D eigenvalue weighted by Crippen LogP contribution is 2.69. The summed E-state index contributed by atoms with van der Waals surface area (Å²) in [4.78, 5) is 0. The summed E-state index contributed by atoms with van der Waals surface area (Å²) in [5, 5.41) is 21.3. The lowest BCUT2D eigenvalue weighted by molar-refractivity contribution is -0.272. The van der Waals surface area contributed by atoms with Crippen LogP contribution in [0.5, 0.6) is 0 Å². The second kappa shape index (κ2) is 8.10. The first kappa shape index (κ1) is 25.4. The van der Waals surface area contributed by atoms with Crippen LogP contribution in [0.3, 0.4) is 0 Å². The van der Waals surface area contributed by atoms with E-state index in [1.807, 2.05) is 6.92 Å². The quantitative estimate of drug-likeness (QED) is 0.424. The maximum Gasteiger partial charge on any atom is 0.417 e. The summed E-state index contributed by atoms with van der Waals surface area (Å²) in [5.41, 5.74) is -2.43. The predicted octanol–water partition coefficient (Wildman–Crippen LogP) is 7.52. The topological polar surface area (TPSA) is 40.5 Å². The van der Waals surface area contributed by atoms with Crippen molar-refractivity contribution in [2.24, 2.45) is 52.3 Å². The fourth-order valence-electron chi connectivity index (χ4n) is 10.2. The zero-order chi connectivity index (χ0) is 24.7. The standard InChI is InChI=1S/C29H47F3O2/c1-18(11-14-28(34,19-5-6-19)29(30,31)32)22-9-10-23-21-8-7-20-17-25(2,33)15-16-26(20,3)24(21)12-13-27(22,23)4/h18-24,33-34H,5-17H2,1-4H3/t18-,20+,21+,22-,23+,24+,25+,26+,27-,28+/m1/s1. The zero-order valence-corrected chi connectivity index (χ0v) is 21.8. The van der Waals surface area contributed by atoms with E-state index < -0.39 is 23.3 Å². The van der Waals surface area contributed by atoms with Gasteiger partial charge in [0.05, 0.1) is 5.60 Å². The molecule has 5 saturated carbocycles. The molecule has 0 saturated heterocycles. The molecule has 0 heterocycles. The molecular formula is C29H47F3O2. The van der Waals surface area contributed by atoms with E-state index in [2.05, 4.69) is 20.8 Å². The highest BCUT2D eigenvalue weighted by atomic mass is 19.4. The van der Waals surface area contributed by atoms with Crippen molar-refractivity contribution in [1.82, 2.24) is 0 Å². The van der Waals surface area contributed by atoms with E-state index in [0.29, 0.717) is 42.4 Å². The Kier molecular flexibility index (Phi) is 6.04. The minimum Gasteiger partial charge on any atom is -0.390 e. The Bertz CT molecular complexity index is 776. The van der Waals surface area contributed by atoms with E-state index in [-0.39, 0.29) is 17.8 Å². The molecule has 2 nitrogen and oxygen atoms in total. The molecule has 0 radical (unpaired) electrons. The molecule has 0 amide bonds. The van der Waals surface area contributed by atoms with E-state index in [9.17, 15) is 23.4 Å². The lowest BCUT2D eigenvalue weighted by Crippen LogP contribution is -2.55. The van der Waals surface area contributed by atoms with Crippen LogP contribution in [0.2, 0.25) is 0 Å². The van der Waals surface area contributed by atoms with Crippen LogP contribution in [-0.4, -0.2) is 27.6 Å². The molecule has 0 aliphatic heterocycles. The van der Waals surface area contributed by atoms with E-state index in [0.717, 1.165) is 37.5 Å². The van der Waals surface area contributed by atoms with Crippen molar-refractivity contribution in [3.63, 3.8) is 0 Å². The highest BCUT2D eigenvalue weighted by Gasteiger charge is 2.63. The largest absolute Gasteiger partial charge is 0.417 e. The van der Waals surface area contributed by atoms with Crippen LogP contribution < -0.4 is 0 Å². The maximum atomic E-state index is 13.7. The van der Waals surface area contributed by atoms with Gasteiger partial charge in [-0.05, 0) is 143 Å². The van der Waals surface area contributed by atoms with Crippen molar-refractivity contribution >= 4 is 0 Å². The second-order valence-corrected chi connectivity index (χ2v) is 14.3. The summed E-state index contributed by atoms with van der Waals surface area (Å²) in [6.45, 7) is 9.15. The molecule has 0 bridgehead atoms. The lowest BCUT2D eigenvalue weighted by Gasteiger charge is -2.62. The summed E-state index contributed by atoms with van der Waals surface area (Å²) in [5.74, 6) is 2.88. The molecule has 196 valence electrons. The van der Waals surface area contributed by atoms with Crippen molar-refractivity contribution in [3.05, 3.63) is 0 Å². The predicted molar refractivity (Wildman–Crippen MR) is 128 cm³/mol. The van der Waals surface area contributed by atoms with Gasteiger partial charge < -0.3 is 10.2 Å². The molecule has 5 rings (SSSR count). The summed E-state index contributed by atoms with van der Waals surface area (Å²) < 4.78 is 41.1. The Morgan fingerprint density at radius 3 is 2.18 bits per heavy atom. The number of fused-ring (bicyclic) bond motifs is 5. The molecule has 5 aliphatic carbocycles. The van der Waals surface area contributed by atoms with Crippen LogP contribution in [0, 0.1) is 52.3 Å². The molecule has 0 unspecified atom stereocenters. The molecule has 5 aliphatic rings. The van der Waals surface area contributed by atoms with Gasteiger partial charge in [0.2, 0.25) is 0 Å². The van der Waals surface area contributed by atoms with Crippen molar-refractivity contribution < 1.29 is 23.4 Å². The van der Waals surface area contributed by atoms with E-state index >= 15 is 0 Å². The first-order valence-corrected chi connectivity index (χ1v) is 14.2. The Morgan fingerprint density at radius 1 is 0.853 bits per heavy atom. The second-order valence-electron chi connectivity index (χ2n) is 14.3. The molecular weight excluding hydrogens is 437 g/mol. The Morgan fingerprint density at radius 2 is 1.53 bits per heavy atom. The lowest BCUT2D eigenvalue weighted by atomic mass is 9.43. The third-order valence-corrected chi connectivity index (χ3v) is 12.4. The van der Waals surface area contributed by atoms with Crippen molar-refractivity contribution in [1.29, 1.82) is 0 Å². The number of hydrogen-bond donors (Lipinski definition) is 2. The maximum absolute atomic E-state index is 13.7. The number of hydrogen-bond acceptors (Lipinski definition) is 2. The van der Waals surface area contributed by atoms with Gasteiger partial charge in [0, 0.05) is 0 Å². The smallest absolute Gasteiger partial charge is 0.390 e. The minimum absolute atomic E-state index is 0.134. The zero-order valence-electron chi connectivity index (χ0n) is 21.8. The third kappa shape index (κ3) is 3.89. The Hall–Kier alpha value is -0.290. The first-order chi connectivity index (χ1) is 15.7. The van der Waals surface area contributed by atoms with Gasteiger partial charge in [0.1, 0.15) is 0 Å². The van der Waals surface area contributed by atoms with Gasteiger partial charge in [-0.25, -0.2) is 0 Å². The fourth-order valence-corrected chi connectivity index (χ4v) is 10.2. The van der Waals surface area contributed by atoms with Crippen LogP contribution in [0.1, 0.15) is 111 Å². The fraction of sp³-hybridized carbons (Fsp3) is 1.00. The minimum atomic E-state index is -4.52. The van der Waals surface area contributed by atoms with E-state index in [1.54, 1.807) is 0 Å². The molecule has 0 aromatic rings. The van der Waals surface area contributed by atoms with Gasteiger partial charge in [-0.1, -0.05) is 20.8 Å². The highest BCUT2D eigenvalue weighted by molar-refractivity contribution is 5.11. The molecule has 0 aromatic heterocycles. The van der Waals surface area contributed by atoms with Crippen molar-refractivity contribution in [2.75, 3.05) is 0 Å². The molecule has 5 fully saturated rings. The van der Waals surface area contributed by atoms with Gasteiger partial charge in [0.25, 0.3) is 0 Å². The van der Waals surface area contributed by atoms with Crippen LogP contribution in [0.15, 0.2) is 0 Å². The van der Waals surface area contributed by atoms with Crippen molar-refractivity contribution in [3.8, 4) is 0 Å². The molecule has 0 spiro atoms. The van der Waals surface area contributed by atoms with E-state index in [4.69, 9.17) is 0 Å². The monoisotopic (exact) mass is 484 g/mol. The van der Waals surface area contributed by atoms with Crippen LogP contribution in [0.25, 0.3) is 0 Å². The first-order valence-electron chi connectivity index (χ1n) is 14.2.